The SMILES string of the molecule is COc1cccc(F)c1C(NN)c1cccnc1N. The van der Waals surface area contributed by atoms with Crippen molar-refractivity contribution in [2.24, 2.45) is 5.84 Å². The van der Waals surface area contributed by atoms with Gasteiger partial charge in [-0.05, 0) is 18.2 Å². The van der Waals surface area contributed by atoms with E-state index in [1.807, 2.05) is 0 Å². The van der Waals surface area contributed by atoms with Crippen molar-refractivity contribution in [3.63, 3.8) is 0 Å². The molecule has 19 heavy (non-hydrogen) atoms. The summed E-state index contributed by atoms with van der Waals surface area (Å²) >= 11 is 0. The molecule has 0 saturated carbocycles. The van der Waals surface area contributed by atoms with Crippen molar-refractivity contribution >= 4 is 5.82 Å². The number of rotatable bonds is 4. The molecule has 0 radical (unpaired) electrons. The Labute approximate surface area is 110 Å². The lowest BCUT2D eigenvalue weighted by Gasteiger charge is -2.20. The Morgan fingerprint density at radius 2 is 2.11 bits per heavy atom. The number of anilines is 1. The fraction of sp³-hybridized carbons (Fsp3) is 0.154. The van der Waals surface area contributed by atoms with Crippen molar-refractivity contribution in [3.8, 4) is 5.75 Å². The molecule has 0 aliphatic rings. The minimum absolute atomic E-state index is 0.288. The Morgan fingerprint density at radius 1 is 1.32 bits per heavy atom. The second-order valence-electron chi connectivity index (χ2n) is 3.93. The van der Waals surface area contributed by atoms with Crippen LogP contribution < -0.4 is 21.7 Å². The Bertz CT molecular complexity index is 576. The van der Waals surface area contributed by atoms with Gasteiger partial charge in [-0.15, -0.1) is 0 Å². The zero-order valence-electron chi connectivity index (χ0n) is 10.4. The summed E-state index contributed by atoms with van der Waals surface area (Å²) in [5, 5.41) is 0. The molecule has 1 aromatic carbocycles. The molecule has 5 nitrogen and oxygen atoms in total. The third-order valence-corrected chi connectivity index (χ3v) is 2.87. The van der Waals surface area contributed by atoms with Crippen molar-refractivity contribution in [1.29, 1.82) is 0 Å². The van der Waals surface area contributed by atoms with E-state index in [9.17, 15) is 4.39 Å². The number of nitrogens with two attached hydrogens (primary N) is 2. The summed E-state index contributed by atoms with van der Waals surface area (Å²) in [5.74, 6) is 5.80. The van der Waals surface area contributed by atoms with E-state index in [4.69, 9.17) is 16.3 Å². The first kappa shape index (κ1) is 13.3. The first-order valence-corrected chi connectivity index (χ1v) is 5.68. The lowest BCUT2D eigenvalue weighted by atomic mass is 9.98. The number of aromatic nitrogens is 1. The number of nitrogens with zero attached hydrogens (tertiary/aromatic N) is 1. The van der Waals surface area contributed by atoms with E-state index >= 15 is 0 Å². The second-order valence-corrected chi connectivity index (χ2v) is 3.93. The van der Waals surface area contributed by atoms with E-state index < -0.39 is 11.9 Å². The largest absolute Gasteiger partial charge is 0.496 e. The molecule has 0 spiro atoms. The minimum Gasteiger partial charge on any atom is -0.496 e. The fourth-order valence-electron chi connectivity index (χ4n) is 1.98. The zero-order chi connectivity index (χ0) is 13.8. The van der Waals surface area contributed by atoms with Gasteiger partial charge in [-0.1, -0.05) is 12.1 Å². The fourth-order valence-corrected chi connectivity index (χ4v) is 1.98. The molecule has 2 aromatic rings. The van der Waals surface area contributed by atoms with Crippen molar-refractivity contribution in [2.45, 2.75) is 6.04 Å². The van der Waals surface area contributed by atoms with Gasteiger partial charge in [0.2, 0.25) is 0 Å². The Morgan fingerprint density at radius 3 is 2.74 bits per heavy atom. The van der Waals surface area contributed by atoms with Crippen LogP contribution in [-0.4, -0.2) is 12.1 Å². The smallest absolute Gasteiger partial charge is 0.132 e. The lowest BCUT2D eigenvalue weighted by molar-refractivity contribution is 0.397. The number of hydrogen-bond acceptors (Lipinski definition) is 5. The van der Waals surface area contributed by atoms with E-state index in [1.54, 1.807) is 30.5 Å². The highest BCUT2D eigenvalue weighted by Crippen LogP contribution is 2.33. The number of nitrogens with one attached hydrogen (secondary N) is 1. The van der Waals surface area contributed by atoms with Gasteiger partial charge in [0, 0.05) is 11.8 Å². The van der Waals surface area contributed by atoms with Crippen LogP contribution in [0.5, 0.6) is 5.75 Å². The molecule has 0 aliphatic carbocycles. The number of hydrazine groups is 1. The van der Waals surface area contributed by atoms with Crippen molar-refractivity contribution in [3.05, 3.63) is 53.5 Å². The summed E-state index contributed by atoms with van der Waals surface area (Å²) in [5.41, 5.74) is 9.25. The molecule has 6 heteroatoms. The minimum atomic E-state index is -0.634. The van der Waals surface area contributed by atoms with Gasteiger partial charge in [0.1, 0.15) is 17.4 Å². The molecule has 1 heterocycles. The molecule has 100 valence electrons. The van der Waals surface area contributed by atoms with E-state index in [0.717, 1.165) is 0 Å². The number of methoxy groups -OCH3 is 1. The highest BCUT2D eigenvalue weighted by atomic mass is 19.1. The van der Waals surface area contributed by atoms with E-state index in [2.05, 4.69) is 10.4 Å². The molecule has 1 unspecified atom stereocenters. The van der Waals surface area contributed by atoms with Gasteiger partial charge in [-0.2, -0.15) is 0 Å². The molecular formula is C13H15FN4O. The lowest BCUT2D eigenvalue weighted by Crippen LogP contribution is -2.30. The van der Waals surface area contributed by atoms with Gasteiger partial charge in [-0.3, -0.25) is 5.84 Å². The summed E-state index contributed by atoms with van der Waals surface area (Å²) in [7, 11) is 1.47. The van der Waals surface area contributed by atoms with Crippen molar-refractivity contribution in [1.82, 2.24) is 10.4 Å². The van der Waals surface area contributed by atoms with Gasteiger partial charge in [0.05, 0.1) is 18.7 Å². The van der Waals surface area contributed by atoms with Crippen LogP contribution in [0.15, 0.2) is 36.5 Å². The summed E-state index contributed by atoms with van der Waals surface area (Å²) in [4.78, 5) is 3.98. The van der Waals surface area contributed by atoms with Gasteiger partial charge in [0.15, 0.2) is 0 Å². The van der Waals surface area contributed by atoms with Crippen LogP contribution in [0, 0.1) is 5.82 Å². The van der Waals surface area contributed by atoms with Gasteiger partial charge in [-0.25, -0.2) is 14.8 Å². The van der Waals surface area contributed by atoms with Crippen LogP contribution in [0.25, 0.3) is 0 Å². The monoisotopic (exact) mass is 262 g/mol. The molecular weight excluding hydrogens is 247 g/mol. The third-order valence-electron chi connectivity index (χ3n) is 2.87. The summed E-state index contributed by atoms with van der Waals surface area (Å²) in [6.07, 6.45) is 1.56. The second kappa shape index (κ2) is 5.64. The maximum Gasteiger partial charge on any atom is 0.132 e. The Hall–Kier alpha value is -2.18. The molecule has 0 aliphatic heterocycles. The number of nitrogen functional groups attached to an aromatic ring is 1. The van der Waals surface area contributed by atoms with Crippen LogP contribution in [0.3, 0.4) is 0 Å². The predicted molar refractivity (Wildman–Crippen MR) is 70.8 cm³/mol. The normalized spacial score (nSPS) is 12.2. The molecule has 1 atom stereocenters. The summed E-state index contributed by atoms with van der Waals surface area (Å²) < 4.78 is 19.2. The summed E-state index contributed by atoms with van der Waals surface area (Å²) in [6, 6.07) is 7.38. The molecule has 0 fully saturated rings. The number of halogens is 1. The van der Waals surface area contributed by atoms with Crippen LogP contribution in [0.2, 0.25) is 0 Å². The van der Waals surface area contributed by atoms with E-state index in [1.165, 1.54) is 13.2 Å². The molecule has 0 bridgehead atoms. The summed E-state index contributed by atoms with van der Waals surface area (Å²) in [6.45, 7) is 0. The van der Waals surface area contributed by atoms with Crippen molar-refractivity contribution in [2.75, 3.05) is 12.8 Å². The average Bonchev–Trinajstić information content (AvgIpc) is 2.43. The van der Waals surface area contributed by atoms with E-state index in [-0.39, 0.29) is 5.82 Å². The first-order valence-electron chi connectivity index (χ1n) is 5.68. The Kier molecular flexibility index (Phi) is 3.94. The van der Waals surface area contributed by atoms with Crippen LogP contribution in [-0.2, 0) is 0 Å². The van der Waals surface area contributed by atoms with Crippen molar-refractivity contribution < 1.29 is 9.13 Å². The van der Waals surface area contributed by atoms with Crippen LogP contribution in [0.1, 0.15) is 17.2 Å². The van der Waals surface area contributed by atoms with Gasteiger partial charge >= 0.3 is 0 Å². The molecule has 2 rings (SSSR count). The third kappa shape index (κ3) is 2.49. The molecule has 1 aromatic heterocycles. The number of ether oxygens (including phenoxy) is 1. The average molecular weight is 262 g/mol. The maximum absolute atomic E-state index is 14.1. The quantitative estimate of drug-likeness (QED) is 0.572. The van der Waals surface area contributed by atoms with Crippen LogP contribution in [0.4, 0.5) is 10.2 Å². The highest BCUT2D eigenvalue weighted by molar-refractivity contribution is 5.49. The number of hydrogen-bond donors (Lipinski definition) is 3. The first-order chi connectivity index (χ1) is 9.19. The van der Waals surface area contributed by atoms with Gasteiger partial charge in [0.25, 0.3) is 0 Å². The topological polar surface area (TPSA) is 86.2 Å². The maximum atomic E-state index is 14.1. The number of benzene rings is 1. The molecule has 0 amide bonds. The predicted octanol–water partition coefficient (Wildman–Crippen LogP) is 1.36. The number of pyridine rings is 1. The molecule has 5 N–H and O–H groups in total. The standard InChI is InChI=1S/C13H15FN4O/c1-19-10-6-2-5-9(14)11(10)12(18-16)8-4-3-7-17-13(8)15/h2-7,12,18H,16H2,1H3,(H2,15,17). The van der Waals surface area contributed by atoms with Gasteiger partial charge < -0.3 is 10.5 Å². The Balaban J connectivity index is 2.58. The molecule has 0 saturated heterocycles. The van der Waals surface area contributed by atoms with E-state index in [0.29, 0.717) is 16.9 Å². The highest BCUT2D eigenvalue weighted by Gasteiger charge is 2.23. The zero-order valence-corrected chi connectivity index (χ0v) is 10.4. The van der Waals surface area contributed by atoms with Crippen LogP contribution >= 0.6 is 0 Å².